The molecular formula is C25H34N2O4. The van der Waals surface area contributed by atoms with Crippen LogP contribution in [0.25, 0.3) is 5.57 Å². The van der Waals surface area contributed by atoms with Gasteiger partial charge in [-0.15, -0.1) is 0 Å². The fourth-order valence-corrected chi connectivity index (χ4v) is 6.69. The molecule has 168 valence electrons. The van der Waals surface area contributed by atoms with Crippen molar-refractivity contribution in [2.45, 2.75) is 70.0 Å². The highest BCUT2D eigenvalue weighted by Gasteiger charge is 2.56. The van der Waals surface area contributed by atoms with Crippen LogP contribution in [-0.2, 0) is 16.1 Å². The van der Waals surface area contributed by atoms with Gasteiger partial charge >= 0.3 is 5.97 Å². The number of hydrogen-bond donors (Lipinski definition) is 1. The molecule has 2 fully saturated rings. The molecule has 1 saturated carbocycles. The number of ether oxygens (including phenoxy) is 1. The molecule has 4 aliphatic rings. The van der Waals surface area contributed by atoms with Crippen molar-refractivity contribution in [2.24, 2.45) is 17.8 Å². The lowest BCUT2D eigenvalue weighted by Crippen LogP contribution is -2.48. The molecule has 0 amide bonds. The van der Waals surface area contributed by atoms with Crippen LogP contribution in [0.1, 0.15) is 68.7 Å². The normalized spacial score (nSPS) is 30.8. The first-order valence-electron chi connectivity index (χ1n) is 12.0. The second-order valence-corrected chi connectivity index (χ2v) is 9.82. The van der Waals surface area contributed by atoms with E-state index < -0.39 is 5.92 Å². The van der Waals surface area contributed by atoms with Gasteiger partial charge in [0.15, 0.2) is 0 Å². The minimum atomic E-state index is -0.436. The number of allylic oxidation sites excluding steroid dienone is 2. The van der Waals surface area contributed by atoms with Crippen molar-refractivity contribution < 1.29 is 14.6 Å². The van der Waals surface area contributed by atoms with Crippen LogP contribution in [0.2, 0.25) is 0 Å². The van der Waals surface area contributed by atoms with Gasteiger partial charge in [-0.25, -0.2) is 0 Å². The summed E-state index contributed by atoms with van der Waals surface area (Å²) in [5, 5.41) is 10.3. The largest absolute Gasteiger partial charge is 0.469 e. The number of aliphatic hydroxyl groups excluding tert-OH is 1. The number of rotatable bonds is 5. The number of nitrogens with zero attached hydrogens (tertiary/aromatic N) is 2. The van der Waals surface area contributed by atoms with Gasteiger partial charge in [-0.3, -0.25) is 14.5 Å². The Bertz CT molecular complexity index is 930. The fourth-order valence-electron chi connectivity index (χ4n) is 6.69. The second kappa shape index (κ2) is 8.55. The predicted molar refractivity (Wildman–Crippen MR) is 118 cm³/mol. The topological polar surface area (TPSA) is 71.8 Å². The predicted octanol–water partition coefficient (Wildman–Crippen LogP) is 3.13. The van der Waals surface area contributed by atoms with Crippen LogP contribution in [0.3, 0.4) is 0 Å². The van der Waals surface area contributed by atoms with Crippen molar-refractivity contribution in [1.82, 2.24) is 9.47 Å². The third-order valence-electron chi connectivity index (χ3n) is 8.22. The molecule has 2 aliphatic carbocycles. The molecule has 0 radical (unpaired) electrons. The Morgan fingerprint density at radius 2 is 2.00 bits per heavy atom. The van der Waals surface area contributed by atoms with Crippen molar-refractivity contribution >= 4 is 11.5 Å². The minimum Gasteiger partial charge on any atom is -0.469 e. The summed E-state index contributed by atoms with van der Waals surface area (Å²) in [5.41, 5.74) is 2.94. The van der Waals surface area contributed by atoms with Gasteiger partial charge in [0, 0.05) is 42.9 Å². The number of carbonyl (C=O) groups excluding carboxylic acids is 1. The molecule has 0 spiro atoms. The Labute approximate surface area is 183 Å². The molecule has 2 bridgehead atoms. The number of pyridine rings is 1. The summed E-state index contributed by atoms with van der Waals surface area (Å²) in [5.74, 6) is -0.293. The van der Waals surface area contributed by atoms with Crippen molar-refractivity contribution in [2.75, 3.05) is 20.3 Å². The number of methoxy groups -OCH3 is 1. The smallest absolute Gasteiger partial charge is 0.311 e. The Balaban J connectivity index is 1.58. The average Bonchev–Trinajstić information content (AvgIpc) is 3.38. The highest BCUT2D eigenvalue weighted by molar-refractivity contribution is 5.75. The molecule has 1 saturated heterocycles. The molecule has 2 aliphatic heterocycles. The maximum Gasteiger partial charge on any atom is 0.311 e. The van der Waals surface area contributed by atoms with E-state index >= 15 is 0 Å². The maximum atomic E-state index is 13.5. The van der Waals surface area contributed by atoms with E-state index in [1.807, 2.05) is 10.6 Å². The molecule has 3 heterocycles. The van der Waals surface area contributed by atoms with E-state index in [4.69, 9.17) is 4.74 Å². The number of aliphatic hydroxyl groups is 1. The van der Waals surface area contributed by atoms with Crippen LogP contribution < -0.4 is 5.56 Å². The van der Waals surface area contributed by atoms with E-state index in [0.29, 0.717) is 12.5 Å². The Hall–Kier alpha value is -1.92. The van der Waals surface area contributed by atoms with Gasteiger partial charge in [-0.1, -0.05) is 18.9 Å². The van der Waals surface area contributed by atoms with Crippen LogP contribution >= 0.6 is 0 Å². The highest BCUT2D eigenvalue weighted by atomic mass is 16.5. The number of carbonyl (C=O) groups is 1. The summed E-state index contributed by atoms with van der Waals surface area (Å²) in [6, 6.07) is 3.82. The molecule has 0 unspecified atom stereocenters. The SMILES string of the molecule is COC(=O)[C@H]1[C@H](CO)[C@H]2Cn3c(ccc(C4=CCCCC4)c3=O)[C@@H]1N2CC1CCCC1. The van der Waals surface area contributed by atoms with Crippen molar-refractivity contribution in [3.63, 3.8) is 0 Å². The van der Waals surface area contributed by atoms with Crippen LogP contribution in [0.5, 0.6) is 0 Å². The summed E-state index contributed by atoms with van der Waals surface area (Å²) in [7, 11) is 1.42. The van der Waals surface area contributed by atoms with E-state index in [9.17, 15) is 14.7 Å². The summed E-state index contributed by atoms with van der Waals surface area (Å²) in [6.45, 7) is 1.40. The Kier molecular flexibility index (Phi) is 5.78. The monoisotopic (exact) mass is 426 g/mol. The molecule has 31 heavy (non-hydrogen) atoms. The lowest BCUT2D eigenvalue weighted by atomic mass is 9.87. The summed E-state index contributed by atoms with van der Waals surface area (Å²) in [4.78, 5) is 28.8. The lowest BCUT2D eigenvalue weighted by molar-refractivity contribution is -0.148. The zero-order valence-electron chi connectivity index (χ0n) is 18.5. The zero-order chi connectivity index (χ0) is 21.5. The number of esters is 1. The van der Waals surface area contributed by atoms with E-state index in [-0.39, 0.29) is 36.1 Å². The third kappa shape index (κ3) is 3.48. The molecule has 6 heteroatoms. The summed E-state index contributed by atoms with van der Waals surface area (Å²) in [6.07, 6.45) is 11.5. The van der Waals surface area contributed by atoms with E-state index in [1.54, 1.807) is 0 Å². The van der Waals surface area contributed by atoms with Gasteiger partial charge in [0.2, 0.25) is 0 Å². The molecular weight excluding hydrogens is 392 g/mol. The zero-order valence-corrected chi connectivity index (χ0v) is 18.5. The van der Waals surface area contributed by atoms with Gasteiger partial charge in [0.05, 0.1) is 19.1 Å². The van der Waals surface area contributed by atoms with Gasteiger partial charge in [0.25, 0.3) is 5.56 Å². The highest BCUT2D eigenvalue weighted by Crippen LogP contribution is 2.49. The van der Waals surface area contributed by atoms with Crippen LogP contribution in [0, 0.1) is 17.8 Å². The van der Waals surface area contributed by atoms with Crippen molar-refractivity contribution in [3.05, 3.63) is 39.8 Å². The van der Waals surface area contributed by atoms with Crippen molar-refractivity contribution in [3.8, 4) is 0 Å². The van der Waals surface area contributed by atoms with Crippen LogP contribution in [0.4, 0.5) is 0 Å². The van der Waals surface area contributed by atoms with Gasteiger partial charge in [-0.05, 0) is 62.1 Å². The number of aromatic nitrogens is 1. The molecule has 1 aromatic rings. The molecule has 6 nitrogen and oxygen atoms in total. The lowest BCUT2D eigenvalue weighted by Gasteiger charge is -2.39. The maximum absolute atomic E-state index is 13.5. The Morgan fingerprint density at radius 1 is 1.19 bits per heavy atom. The molecule has 1 N–H and O–H groups in total. The van der Waals surface area contributed by atoms with Crippen LogP contribution in [0.15, 0.2) is 23.0 Å². The van der Waals surface area contributed by atoms with E-state index in [2.05, 4.69) is 17.0 Å². The first-order valence-corrected chi connectivity index (χ1v) is 12.0. The second-order valence-electron chi connectivity index (χ2n) is 9.82. The average molecular weight is 427 g/mol. The molecule has 5 rings (SSSR count). The van der Waals surface area contributed by atoms with Gasteiger partial charge in [0.1, 0.15) is 0 Å². The van der Waals surface area contributed by atoms with Crippen LogP contribution in [-0.4, -0.2) is 46.8 Å². The fraction of sp³-hybridized carbons (Fsp3) is 0.680. The Morgan fingerprint density at radius 3 is 2.68 bits per heavy atom. The van der Waals surface area contributed by atoms with Gasteiger partial charge in [-0.2, -0.15) is 0 Å². The molecule has 1 aromatic heterocycles. The summed E-state index contributed by atoms with van der Waals surface area (Å²) >= 11 is 0. The molecule has 4 atom stereocenters. The third-order valence-corrected chi connectivity index (χ3v) is 8.22. The van der Waals surface area contributed by atoms with E-state index in [0.717, 1.165) is 42.6 Å². The quantitative estimate of drug-likeness (QED) is 0.733. The number of fused-ring (bicyclic) bond motifs is 4. The number of hydrogen-bond acceptors (Lipinski definition) is 5. The minimum absolute atomic E-state index is 0.0134. The van der Waals surface area contributed by atoms with Crippen molar-refractivity contribution in [1.29, 1.82) is 0 Å². The summed E-state index contributed by atoms with van der Waals surface area (Å²) < 4.78 is 7.08. The van der Waals surface area contributed by atoms with E-state index in [1.165, 1.54) is 39.2 Å². The first kappa shape index (κ1) is 21.0. The van der Waals surface area contributed by atoms with Gasteiger partial charge < -0.3 is 14.4 Å². The first-order chi connectivity index (χ1) is 15.1. The molecule has 0 aromatic carbocycles. The standard InChI is InChI=1S/C25H34N2O4/c1-31-25(30)22-19(15-28)21-14-27-20(23(22)26(21)13-16-7-5-6-8-16)12-11-18(24(27)29)17-9-3-2-4-10-17/h9,11-12,16,19,21-23,28H,2-8,10,13-15H2,1H3/t19-,21-,22+,23+/m1/s1.